The van der Waals surface area contributed by atoms with Crippen molar-refractivity contribution < 1.29 is 4.79 Å². The molecule has 0 aliphatic carbocycles. The number of carbonyl (C=O) groups excluding carboxylic acids is 1. The monoisotopic (exact) mass is 385 g/mol. The van der Waals surface area contributed by atoms with Gasteiger partial charge in [-0.3, -0.25) is 4.79 Å². The van der Waals surface area contributed by atoms with Crippen LogP contribution in [0.3, 0.4) is 0 Å². The van der Waals surface area contributed by atoms with Crippen molar-refractivity contribution in [3.63, 3.8) is 0 Å². The molecule has 3 heterocycles. The summed E-state index contributed by atoms with van der Waals surface area (Å²) in [6.45, 7) is 7.58. The van der Waals surface area contributed by atoms with Crippen LogP contribution in [0, 0.1) is 0 Å². The standard InChI is InChI=1S/C25H27N3O/c1-18-17-28(14-6-9-23(18)21-7-4-3-5-8-21)24(29)13-11-20-15-22-12-10-19(2)27-25(22)26-16-20/h3-5,7-8,11,13,15-16H,2,6,9-10,12,14,17H2,1H3,(H,26,27)/b13-11+. The molecule has 0 saturated carbocycles. The first-order valence-electron chi connectivity index (χ1n) is 10.2. The second-order valence-electron chi connectivity index (χ2n) is 7.83. The van der Waals surface area contributed by atoms with Crippen LogP contribution in [0.5, 0.6) is 0 Å². The van der Waals surface area contributed by atoms with Gasteiger partial charge < -0.3 is 10.2 Å². The molecule has 1 amide bonds. The van der Waals surface area contributed by atoms with E-state index in [9.17, 15) is 4.79 Å². The molecule has 0 bridgehead atoms. The first kappa shape index (κ1) is 19.2. The highest BCUT2D eigenvalue weighted by Gasteiger charge is 2.18. The molecule has 0 spiro atoms. The van der Waals surface area contributed by atoms with Gasteiger partial charge in [0.05, 0.1) is 0 Å². The van der Waals surface area contributed by atoms with Gasteiger partial charge in [-0.25, -0.2) is 4.98 Å². The van der Waals surface area contributed by atoms with E-state index in [1.807, 2.05) is 17.0 Å². The number of benzene rings is 1. The largest absolute Gasteiger partial charge is 0.344 e. The van der Waals surface area contributed by atoms with Gasteiger partial charge in [-0.05, 0) is 67.0 Å². The number of aryl methyl sites for hydroxylation is 1. The van der Waals surface area contributed by atoms with Crippen LogP contribution in [0.2, 0.25) is 0 Å². The molecule has 4 heteroatoms. The first-order valence-corrected chi connectivity index (χ1v) is 10.2. The van der Waals surface area contributed by atoms with Crippen LogP contribution in [-0.2, 0) is 11.2 Å². The molecule has 0 atom stereocenters. The van der Waals surface area contributed by atoms with Crippen LogP contribution in [0.15, 0.2) is 66.5 Å². The van der Waals surface area contributed by atoms with Crippen LogP contribution in [-0.4, -0.2) is 28.9 Å². The Bertz CT molecular complexity index is 988. The lowest BCUT2D eigenvalue weighted by atomic mass is 9.97. The molecule has 4 rings (SSSR count). The predicted octanol–water partition coefficient (Wildman–Crippen LogP) is 5.06. The number of anilines is 1. The summed E-state index contributed by atoms with van der Waals surface area (Å²) in [5, 5.41) is 3.22. The van der Waals surface area contributed by atoms with Gasteiger partial charge in [0.15, 0.2) is 0 Å². The number of carbonyl (C=O) groups is 1. The van der Waals surface area contributed by atoms with Crippen molar-refractivity contribution in [2.45, 2.75) is 32.6 Å². The minimum Gasteiger partial charge on any atom is -0.344 e. The van der Waals surface area contributed by atoms with Gasteiger partial charge in [0, 0.05) is 31.1 Å². The number of hydrogen-bond donors (Lipinski definition) is 1. The summed E-state index contributed by atoms with van der Waals surface area (Å²) in [4.78, 5) is 19.2. The molecular weight excluding hydrogens is 358 g/mol. The number of amides is 1. The molecule has 2 aliphatic rings. The zero-order chi connectivity index (χ0) is 20.2. The van der Waals surface area contributed by atoms with Crippen molar-refractivity contribution in [3.8, 4) is 0 Å². The van der Waals surface area contributed by atoms with E-state index in [1.54, 1.807) is 12.3 Å². The summed E-state index contributed by atoms with van der Waals surface area (Å²) in [6, 6.07) is 12.6. The van der Waals surface area contributed by atoms with Crippen LogP contribution < -0.4 is 5.32 Å². The normalized spacial score (nSPS) is 17.1. The molecule has 1 N–H and O–H groups in total. The van der Waals surface area contributed by atoms with Crippen LogP contribution >= 0.6 is 0 Å². The van der Waals surface area contributed by atoms with E-state index < -0.39 is 0 Å². The molecule has 0 saturated heterocycles. The van der Waals surface area contributed by atoms with Crippen molar-refractivity contribution in [3.05, 3.63) is 83.2 Å². The molecule has 2 aromatic rings. The van der Waals surface area contributed by atoms with Gasteiger partial charge in [-0.1, -0.05) is 42.5 Å². The number of pyridine rings is 1. The Morgan fingerprint density at radius 3 is 2.86 bits per heavy atom. The molecule has 1 aromatic carbocycles. The third-order valence-corrected chi connectivity index (χ3v) is 5.63. The molecule has 148 valence electrons. The lowest BCUT2D eigenvalue weighted by Gasteiger charge is -2.20. The minimum absolute atomic E-state index is 0.0582. The van der Waals surface area contributed by atoms with E-state index in [0.717, 1.165) is 49.3 Å². The zero-order valence-electron chi connectivity index (χ0n) is 16.9. The lowest BCUT2D eigenvalue weighted by Crippen LogP contribution is -2.31. The Hall–Kier alpha value is -3.14. The van der Waals surface area contributed by atoms with Gasteiger partial charge in [-0.2, -0.15) is 0 Å². The summed E-state index contributed by atoms with van der Waals surface area (Å²) in [5.74, 6) is 0.939. The van der Waals surface area contributed by atoms with Crippen LogP contribution in [0.1, 0.15) is 42.9 Å². The maximum Gasteiger partial charge on any atom is 0.246 e. The van der Waals surface area contributed by atoms with Gasteiger partial charge in [0.25, 0.3) is 0 Å². The molecule has 29 heavy (non-hydrogen) atoms. The van der Waals surface area contributed by atoms with Gasteiger partial charge in [-0.15, -0.1) is 0 Å². The van der Waals surface area contributed by atoms with Crippen molar-refractivity contribution in [1.82, 2.24) is 9.88 Å². The molecule has 0 radical (unpaired) electrons. The Morgan fingerprint density at radius 1 is 1.21 bits per heavy atom. The SMILES string of the molecule is C=C1CCc2cc(/C=C/C(=O)N3CCCC(c4ccccc4)=C(C)C3)cnc2N1. The predicted molar refractivity (Wildman–Crippen MR) is 119 cm³/mol. The molecule has 4 nitrogen and oxygen atoms in total. The van der Waals surface area contributed by atoms with E-state index in [2.05, 4.69) is 54.1 Å². The quantitative estimate of drug-likeness (QED) is 0.751. The fraction of sp³-hybridized carbons (Fsp3) is 0.280. The van der Waals surface area contributed by atoms with E-state index in [1.165, 1.54) is 22.3 Å². The highest BCUT2D eigenvalue weighted by molar-refractivity contribution is 5.92. The van der Waals surface area contributed by atoms with Gasteiger partial charge in [0.2, 0.25) is 5.91 Å². The summed E-state index contributed by atoms with van der Waals surface area (Å²) in [6.07, 6.45) is 9.20. The highest BCUT2D eigenvalue weighted by Crippen LogP contribution is 2.28. The molecular formula is C25H27N3O. The average Bonchev–Trinajstić information content (AvgIpc) is 2.94. The van der Waals surface area contributed by atoms with Gasteiger partial charge >= 0.3 is 0 Å². The number of nitrogens with zero attached hydrogens (tertiary/aromatic N) is 2. The summed E-state index contributed by atoms with van der Waals surface area (Å²) < 4.78 is 0. The lowest BCUT2D eigenvalue weighted by molar-refractivity contribution is -0.125. The van der Waals surface area contributed by atoms with E-state index >= 15 is 0 Å². The zero-order valence-corrected chi connectivity index (χ0v) is 16.9. The second kappa shape index (κ2) is 8.48. The van der Waals surface area contributed by atoms with Crippen molar-refractivity contribution >= 4 is 23.4 Å². The highest BCUT2D eigenvalue weighted by atomic mass is 16.2. The van der Waals surface area contributed by atoms with E-state index in [0.29, 0.717) is 6.54 Å². The maximum atomic E-state index is 12.8. The number of hydrogen-bond acceptors (Lipinski definition) is 3. The number of nitrogens with one attached hydrogen (secondary N) is 1. The summed E-state index contributed by atoms with van der Waals surface area (Å²) >= 11 is 0. The number of fused-ring (bicyclic) bond motifs is 1. The number of aromatic nitrogens is 1. The fourth-order valence-electron chi connectivity index (χ4n) is 4.05. The number of rotatable bonds is 3. The van der Waals surface area contributed by atoms with Crippen molar-refractivity contribution in [1.29, 1.82) is 0 Å². The smallest absolute Gasteiger partial charge is 0.246 e. The molecule has 0 fully saturated rings. The van der Waals surface area contributed by atoms with E-state index in [4.69, 9.17) is 0 Å². The van der Waals surface area contributed by atoms with E-state index in [-0.39, 0.29) is 5.91 Å². The second-order valence-corrected chi connectivity index (χ2v) is 7.83. The Labute approximate surface area is 172 Å². The van der Waals surface area contributed by atoms with Gasteiger partial charge in [0.1, 0.15) is 5.82 Å². The summed E-state index contributed by atoms with van der Waals surface area (Å²) in [5.41, 5.74) is 7.05. The Morgan fingerprint density at radius 2 is 2.03 bits per heavy atom. The third-order valence-electron chi connectivity index (χ3n) is 5.63. The summed E-state index contributed by atoms with van der Waals surface area (Å²) in [7, 11) is 0. The Kier molecular flexibility index (Phi) is 5.61. The van der Waals surface area contributed by atoms with Crippen LogP contribution in [0.25, 0.3) is 11.6 Å². The molecule has 1 aromatic heterocycles. The van der Waals surface area contributed by atoms with Crippen LogP contribution in [0.4, 0.5) is 5.82 Å². The first-order chi connectivity index (χ1) is 14.1. The minimum atomic E-state index is 0.0582. The maximum absolute atomic E-state index is 12.8. The molecule has 0 unspecified atom stereocenters. The molecule has 2 aliphatic heterocycles. The van der Waals surface area contributed by atoms with Crippen molar-refractivity contribution in [2.75, 3.05) is 18.4 Å². The third kappa shape index (κ3) is 4.48. The fourth-order valence-corrected chi connectivity index (χ4v) is 4.05. The topological polar surface area (TPSA) is 45.2 Å². The number of allylic oxidation sites excluding steroid dienone is 2. The average molecular weight is 386 g/mol. The Balaban J connectivity index is 1.46. The van der Waals surface area contributed by atoms with Crippen molar-refractivity contribution in [2.24, 2.45) is 0 Å².